The van der Waals surface area contributed by atoms with Crippen LogP contribution in [0.2, 0.25) is 0 Å². The molecule has 1 fully saturated rings. The van der Waals surface area contributed by atoms with Crippen LogP contribution in [0.3, 0.4) is 0 Å². The van der Waals surface area contributed by atoms with Crippen LogP contribution in [0.5, 0.6) is 5.75 Å². The van der Waals surface area contributed by atoms with Gasteiger partial charge in [-0.2, -0.15) is 0 Å². The highest BCUT2D eigenvalue weighted by molar-refractivity contribution is 5.69. The molecule has 0 amide bonds. The van der Waals surface area contributed by atoms with Gasteiger partial charge in [0.15, 0.2) is 0 Å². The van der Waals surface area contributed by atoms with Gasteiger partial charge in [0.2, 0.25) is 0 Å². The molecule has 1 aromatic rings. The predicted octanol–water partition coefficient (Wildman–Crippen LogP) is 5.38. The summed E-state index contributed by atoms with van der Waals surface area (Å²) in [5, 5.41) is 0. The second-order valence-electron chi connectivity index (χ2n) is 6.78. The van der Waals surface area contributed by atoms with Crippen LogP contribution >= 0.6 is 0 Å². The summed E-state index contributed by atoms with van der Waals surface area (Å²) in [5.74, 6) is 0.669. The maximum atomic E-state index is 11.5. The zero-order valence-electron chi connectivity index (χ0n) is 16.1. The average Bonchev–Trinajstić information content (AvgIpc) is 2.67. The third-order valence-corrected chi connectivity index (χ3v) is 4.65. The van der Waals surface area contributed by atoms with Gasteiger partial charge in [-0.05, 0) is 49.8 Å². The number of unbranched alkanes of at least 4 members (excludes halogenated alkanes) is 2. The van der Waals surface area contributed by atoms with E-state index in [1.54, 1.807) is 0 Å². The summed E-state index contributed by atoms with van der Waals surface area (Å²) >= 11 is 0. The van der Waals surface area contributed by atoms with Crippen LogP contribution in [0.15, 0.2) is 36.4 Å². The van der Waals surface area contributed by atoms with Crippen LogP contribution in [-0.2, 0) is 14.3 Å². The van der Waals surface area contributed by atoms with Crippen molar-refractivity contribution in [1.29, 1.82) is 0 Å². The van der Waals surface area contributed by atoms with Gasteiger partial charge >= 0.3 is 5.97 Å². The summed E-state index contributed by atoms with van der Waals surface area (Å²) in [4.78, 5) is 11.5. The van der Waals surface area contributed by atoms with Gasteiger partial charge in [-0.25, -0.2) is 0 Å². The topological polar surface area (TPSA) is 44.8 Å². The molecule has 1 heterocycles. The molecule has 0 spiro atoms. The molecular weight excluding hydrogens is 328 g/mol. The van der Waals surface area contributed by atoms with Crippen molar-refractivity contribution in [2.45, 2.75) is 70.5 Å². The summed E-state index contributed by atoms with van der Waals surface area (Å²) in [6.45, 7) is 2.89. The first kappa shape index (κ1) is 20.5. The van der Waals surface area contributed by atoms with E-state index in [0.717, 1.165) is 43.4 Å². The molecule has 0 bridgehead atoms. The predicted molar refractivity (Wildman–Crippen MR) is 103 cm³/mol. The van der Waals surface area contributed by atoms with Gasteiger partial charge in [0, 0.05) is 0 Å². The van der Waals surface area contributed by atoms with Crippen LogP contribution in [-0.4, -0.2) is 25.8 Å². The van der Waals surface area contributed by atoms with E-state index in [1.165, 1.54) is 20.0 Å². The fourth-order valence-corrected chi connectivity index (χ4v) is 3.17. The van der Waals surface area contributed by atoms with Gasteiger partial charge in [-0.15, -0.1) is 0 Å². The SMILES string of the molecule is CCCC/C=C\CCOc1cccc([C@@H]2CCC[C@H](CC(=O)OC)O2)c1. The van der Waals surface area contributed by atoms with Crippen molar-refractivity contribution in [2.75, 3.05) is 13.7 Å². The Bertz CT molecular complexity index is 567. The molecular formula is C22H32O4. The second kappa shape index (κ2) is 11.7. The number of methoxy groups -OCH3 is 1. The summed E-state index contributed by atoms with van der Waals surface area (Å²) in [6.07, 6.45) is 12.2. The Hall–Kier alpha value is -1.81. The highest BCUT2D eigenvalue weighted by Gasteiger charge is 2.26. The molecule has 1 aromatic carbocycles. The first-order chi connectivity index (χ1) is 12.7. The summed E-state index contributed by atoms with van der Waals surface area (Å²) < 4.78 is 16.7. The van der Waals surface area contributed by atoms with Crippen LogP contribution in [0.1, 0.15) is 70.0 Å². The molecule has 1 saturated heterocycles. The highest BCUT2D eigenvalue weighted by atomic mass is 16.5. The molecule has 1 aliphatic heterocycles. The largest absolute Gasteiger partial charge is 0.493 e. The van der Waals surface area contributed by atoms with Crippen molar-refractivity contribution in [1.82, 2.24) is 0 Å². The molecule has 2 rings (SSSR count). The molecule has 0 radical (unpaired) electrons. The minimum Gasteiger partial charge on any atom is -0.493 e. The van der Waals surface area contributed by atoms with E-state index in [0.29, 0.717) is 13.0 Å². The van der Waals surface area contributed by atoms with E-state index >= 15 is 0 Å². The van der Waals surface area contributed by atoms with Crippen molar-refractivity contribution in [3.63, 3.8) is 0 Å². The monoisotopic (exact) mass is 360 g/mol. The number of ether oxygens (including phenoxy) is 3. The van der Waals surface area contributed by atoms with Gasteiger partial charge in [-0.1, -0.05) is 44.1 Å². The molecule has 0 aromatic heterocycles. The Morgan fingerprint density at radius 2 is 2.12 bits per heavy atom. The molecule has 26 heavy (non-hydrogen) atoms. The van der Waals surface area contributed by atoms with Crippen LogP contribution in [0.25, 0.3) is 0 Å². The lowest BCUT2D eigenvalue weighted by Gasteiger charge is -2.30. The molecule has 2 atom stereocenters. The number of hydrogen-bond acceptors (Lipinski definition) is 4. The van der Waals surface area contributed by atoms with Crippen LogP contribution in [0, 0.1) is 0 Å². The average molecular weight is 360 g/mol. The van der Waals surface area contributed by atoms with Crippen molar-refractivity contribution in [3.05, 3.63) is 42.0 Å². The minimum absolute atomic E-state index is 0.0240. The summed E-state index contributed by atoms with van der Waals surface area (Å²) in [5.41, 5.74) is 1.12. The normalized spacial score (nSPS) is 20.2. The number of benzene rings is 1. The van der Waals surface area contributed by atoms with Gasteiger partial charge in [-0.3, -0.25) is 4.79 Å². The van der Waals surface area contributed by atoms with Crippen LogP contribution < -0.4 is 4.74 Å². The summed E-state index contributed by atoms with van der Waals surface area (Å²) in [6, 6.07) is 8.13. The molecule has 0 N–H and O–H groups in total. The van der Waals surface area contributed by atoms with Gasteiger partial charge in [0.1, 0.15) is 5.75 Å². The highest BCUT2D eigenvalue weighted by Crippen LogP contribution is 2.33. The number of rotatable bonds is 10. The Labute approximate surface area is 157 Å². The first-order valence-electron chi connectivity index (χ1n) is 9.83. The standard InChI is InChI=1S/C22H32O4/c1-3-4-5-6-7-8-15-25-19-12-9-11-18(16-19)21-14-10-13-20(26-21)17-22(23)24-2/h6-7,9,11-12,16,20-21H,3-5,8,10,13-15,17H2,1-2H3/b7-6-/t20-,21+/m1/s1. The zero-order valence-corrected chi connectivity index (χ0v) is 16.1. The maximum absolute atomic E-state index is 11.5. The van der Waals surface area contributed by atoms with E-state index in [4.69, 9.17) is 14.2 Å². The third kappa shape index (κ3) is 7.20. The molecule has 0 saturated carbocycles. The van der Waals surface area contributed by atoms with E-state index in [9.17, 15) is 4.79 Å². The van der Waals surface area contributed by atoms with Crippen LogP contribution in [0.4, 0.5) is 0 Å². The number of carbonyl (C=O) groups is 1. The lowest BCUT2D eigenvalue weighted by molar-refractivity contribution is -0.147. The van der Waals surface area contributed by atoms with E-state index in [2.05, 4.69) is 31.2 Å². The smallest absolute Gasteiger partial charge is 0.308 e. The third-order valence-electron chi connectivity index (χ3n) is 4.65. The molecule has 0 unspecified atom stereocenters. The van der Waals surface area contributed by atoms with Gasteiger partial charge < -0.3 is 14.2 Å². The molecule has 4 nitrogen and oxygen atoms in total. The van der Waals surface area contributed by atoms with E-state index in [-0.39, 0.29) is 18.2 Å². The molecule has 144 valence electrons. The molecule has 1 aliphatic rings. The lowest BCUT2D eigenvalue weighted by atomic mass is 9.97. The van der Waals surface area contributed by atoms with E-state index in [1.807, 2.05) is 12.1 Å². The van der Waals surface area contributed by atoms with Crippen molar-refractivity contribution < 1.29 is 19.0 Å². The fourth-order valence-electron chi connectivity index (χ4n) is 3.17. The zero-order chi connectivity index (χ0) is 18.6. The Balaban J connectivity index is 1.82. The van der Waals surface area contributed by atoms with Gasteiger partial charge in [0.05, 0.1) is 32.3 Å². The molecule has 4 heteroatoms. The van der Waals surface area contributed by atoms with Crippen molar-refractivity contribution in [3.8, 4) is 5.75 Å². The van der Waals surface area contributed by atoms with Crippen molar-refractivity contribution in [2.24, 2.45) is 0 Å². The number of allylic oxidation sites excluding steroid dienone is 1. The number of esters is 1. The first-order valence-corrected chi connectivity index (χ1v) is 9.83. The maximum Gasteiger partial charge on any atom is 0.308 e. The lowest BCUT2D eigenvalue weighted by Crippen LogP contribution is -2.25. The number of hydrogen-bond donors (Lipinski definition) is 0. The van der Waals surface area contributed by atoms with Crippen molar-refractivity contribution >= 4 is 5.97 Å². The minimum atomic E-state index is -0.209. The fraction of sp³-hybridized carbons (Fsp3) is 0.591. The van der Waals surface area contributed by atoms with Gasteiger partial charge in [0.25, 0.3) is 0 Å². The van der Waals surface area contributed by atoms with E-state index < -0.39 is 0 Å². The Morgan fingerprint density at radius 3 is 2.92 bits per heavy atom. The Kier molecular flexibility index (Phi) is 9.26. The summed E-state index contributed by atoms with van der Waals surface area (Å²) in [7, 11) is 1.42. The molecule has 0 aliphatic carbocycles. The second-order valence-corrected chi connectivity index (χ2v) is 6.78. The quantitative estimate of drug-likeness (QED) is 0.319. The number of carbonyl (C=O) groups excluding carboxylic acids is 1. The Morgan fingerprint density at radius 1 is 1.27 bits per heavy atom.